The van der Waals surface area contributed by atoms with Crippen LogP contribution in [0.1, 0.15) is 40.5 Å². The maximum atomic E-state index is 12.9. The fraction of sp³-hybridized carbons (Fsp3) is 0.350. The van der Waals surface area contributed by atoms with Gasteiger partial charge in [0.05, 0.1) is 24.2 Å². The van der Waals surface area contributed by atoms with E-state index in [-0.39, 0.29) is 5.91 Å². The summed E-state index contributed by atoms with van der Waals surface area (Å²) in [6.07, 6.45) is 5.33. The highest BCUT2D eigenvalue weighted by Crippen LogP contribution is 2.24. The molecule has 0 aliphatic carbocycles. The average Bonchev–Trinajstić information content (AvgIpc) is 3.44. The van der Waals surface area contributed by atoms with Crippen LogP contribution < -0.4 is 4.90 Å². The zero-order valence-electron chi connectivity index (χ0n) is 14.6. The van der Waals surface area contributed by atoms with Crippen LogP contribution in [0.25, 0.3) is 0 Å². The van der Waals surface area contributed by atoms with Crippen LogP contribution in [0.3, 0.4) is 0 Å². The van der Waals surface area contributed by atoms with E-state index in [1.165, 1.54) is 30.6 Å². The second kappa shape index (κ2) is 7.83. The molecule has 5 nitrogen and oxygen atoms in total. The van der Waals surface area contributed by atoms with Crippen molar-refractivity contribution in [1.29, 1.82) is 0 Å². The highest BCUT2D eigenvalue weighted by Gasteiger charge is 2.21. The van der Waals surface area contributed by atoms with E-state index in [9.17, 15) is 4.79 Å². The molecule has 1 saturated heterocycles. The number of piperidine rings is 1. The predicted octanol–water partition coefficient (Wildman–Crippen LogP) is 4.77. The van der Waals surface area contributed by atoms with Crippen LogP contribution in [0.2, 0.25) is 0 Å². The molecule has 0 unspecified atom stereocenters. The first-order chi connectivity index (χ1) is 12.8. The van der Waals surface area contributed by atoms with Crippen LogP contribution >= 0.6 is 11.3 Å². The van der Waals surface area contributed by atoms with Gasteiger partial charge in [-0.1, -0.05) is 6.07 Å². The van der Waals surface area contributed by atoms with Gasteiger partial charge < -0.3 is 18.6 Å². The van der Waals surface area contributed by atoms with Gasteiger partial charge in [-0.05, 0) is 48.9 Å². The highest BCUT2D eigenvalue weighted by molar-refractivity contribution is 7.12. The molecule has 3 aromatic rings. The molecule has 0 radical (unpaired) electrons. The lowest BCUT2D eigenvalue weighted by atomic mass is 10.1. The Morgan fingerprint density at radius 1 is 1.04 bits per heavy atom. The van der Waals surface area contributed by atoms with E-state index in [4.69, 9.17) is 8.83 Å². The van der Waals surface area contributed by atoms with Crippen molar-refractivity contribution in [2.45, 2.75) is 32.4 Å². The lowest BCUT2D eigenvalue weighted by molar-refractivity contribution is 0.0710. The number of hydrogen-bond acceptors (Lipinski definition) is 5. The first kappa shape index (κ1) is 17.0. The monoisotopic (exact) mass is 370 g/mol. The van der Waals surface area contributed by atoms with Gasteiger partial charge >= 0.3 is 0 Å². The summed E-state index contributed by atoms with van der Waals surface area (Å²) in [4.78, 5) is 17.7. The Bertz CT molecular complexity index is 817. The van der Waals surface area contributed by atoms with Crippen LogP contribution in [0, 0.1) is 0 Å². The molecule has 4 heterocycles. The van der Waals surface area contributed by atoms with E-state index in [1.807, 2.05) is 41.8 Å². The van der Waals surface area contributed by atoms with Crippen molar-refractivity contribution in [2.75, 3.05) is 18.0 Å². The molecule has 136 valence electrons. The van der Waals surface area contributed by atoms with Gasteiger partial charge in [0.1, 0.15) is 11.5 Å². The van der Waals surface area contributed by atoms with E-state index in [2.05, 4.69) is 4.90 Å². The van der Waals surface area contributed by atoms with E-state index in [0.29, 0.717) is 13.1 Å². The SMILES string of the molecule is O=C(c1cccs1)N(Cc1ccco1)Cc1ccc(N2CCCCC2)o1. The Kier molecular flexibility index (Phi) is 5.11. The van der Waals surface area contributed by atoms with Crippen LogP contribution in [-0.4, -0.2) is 23.9 Å². The summed E-state index contributed by atoms with van der Waals surface area (Å²) in [5.41, 5.74) is 0. The largest absolute Gasteiger partial charge is 0.467 e. The summed E-state index contributed by atoms with van der Waals surface area (Å²) in [5.74, 6) is 2.45. The minimum Gasteiger partial charge on any atom is -0.467 e. The van der Waals surface area contributed by atoms with Gasteiger partial charge in [-0.25, -0.2) is 0 Å². The number of nitrogens with zero attached hydrogens (tertiary/aromatic N) is 2. The lowest BCUT2D eigenvalue weighted by Crippen LogP contribution is -2.29. The molecule has 3 aromatic heterocycles. The molecule has 26 heavy (non-hydrogen) atoms. The van der Waals surface area contributed by atoms with Gasteiger partial charge in [0.25, 0.3) is 5.91 Å². The van der Waals surface area contributed by atoms with Gasteiger partial charge in [0.2, 0.25) is 0 Å². The lowest BCUT2D eigenvalue weighted by Gasteiger charge is -2.26. The summed E-state index contributed by atoms with van der Waals surface area (Å²) in [5, 5.41) is 1.92. The van der Waals surface area contributed by atoms with Crippen LogP contribution in [0.5, 0.6) is 0 Å². The van der Waals surface area contributed by atoms with Gasteiger partial charge in [0.15, 0.2) is 5.88 Å². The Balaban J connectivity index is 1.50. The molecular formula is C20H22N2O3S. The number of carbonyl (C=O) groups excluding carboxylic acids is 1. The Morgan fingerprint density at radius 3 is 2.62 bits per heavy atom. The molecule has 0 N–H and O–H groups in total. The van der Waals surface area contributed by atoms with Gasteiger partial charge in [-0.15, -0.1) is 11.3 Å². The second-order valence-electron chi connectivity index (χ2n) is 6.51. The third-order valence-electron chi connectivity index (χ3n) is 4.61. The molecule has 1 aliphatic heterocycles. The predicted molar refractivity (Wildman–Crippen MR) is 101 cm³/mol. The maximum absolute atomic E-state index is 12.9. The molecule has 0 atom stereocenters. The number of thiophene rings is 1. The van der Waals surface area contributed by atoms with Crippen molar-refractivity contribution < 1.29 is 13.6 Å². The normalized spacial score (nSPS) is 14.5. The minimum absolute atomic E-state index is 0.00711. The van der Waals surface area contributed by atoms with E-state index in [0.717, 1.165) is 35.4 Å². The zero-order valence-corrected chi connectivity index (χ0v) is 15.4. The number of carbonyl (C=O) groups is 1. The van der Waals surface area contributed by atoms with Crippen molar-refractivity contribution >= 4 is 23.1 Å². The molecule has 6 heteroatoms. The number of amides is 1. The Labute approximate surface area is 156 Å². The summed E-state index contributed by atoms with van der Waals surface area (Å²) in [6.45, 7) is 2.92. The summed E-state index contributed by atoms with van der Waals surface area (Å²) in [7, 11) is 0. The summed E-state index contributed by atoms with van der Waals surface area (Å²) < 4.78 is 11.5. The van der Waals surface area contributed by atoms with Crippen molar-refractivity contribution in [2.24, 2.45) is 0 Å². The van der Waals surface area contributed by atoms with E-state index in [1.54, 1.807) is 11.2 Å². The molecule has 0 saturated carbocycles. The first-order valence-electron chi connectivity index (χ1n) is 8.98. The molecule has 4 rings (SSSR count). The standard InChI is InChI=1S/C20H22N2O3S/c23-20(18-7-5-13-26-18)22(14-16-6-4-12-24-16)15-17-8-9-19(25-17)21-10-2-1-3-11-21/h4-9,12-13H,1-3,10-11,14-15H2. The van der Waals surface area contributed by atoms with E-state index >= 15 is 0 Å². The fourth-order valence-corrected chi connectivity index (χ4v) is 3.96. The van der Waals surface area contributed by atoms with Gasteiger partial charge in [-0.3, -0.25) is 4.79 Å². The fourth-order valence-electron chi connectivity index (χ4n) is 3.27. The van der Waals surface area contributed by atoms with Crippen LogP contribution in [0.4, 0.5) is 5.88 Å². The molecule has 0 spiro atoms. The molecule has 1 aliphatic rings. The third-order valence-corrected chi connectivity index (χ3v) is 5.47. The summed E-state index contributed by atoms with van der Waals surface area (Å²) in [6, 6.07) is 11.5. The Hall–Kier alpha value is -2.47. The minimum atomic E-state index is -0.00711. The smallest absolute Gasteiger partial charge is 0.264 e. The van der Waals surface area contributed by atoms with Crippen LogP contribution in [0.15, 0.2) is 56.9 Å². The molecule has 0 bridgehead atoms. The van der Waals surface area contributed by atoms with Crippen molar-refractivity contribution in [3.05, 3.63) is 64.4 Å². The third kappa shape index (κ3) is 3.85. The van der Waals surface area contributed by atoms with Gasteiger partial charge in [-0.2, -0.15) is 0 Å². The van der Waals surface area contributed by atoms with Crippen molar-refractivity contribution in [1.82, 2.24) is 4.90 Å². The molecule has 0 aromatic carbocycles. The number of anilines is 1. The van der Waals surface area contributed by atoms with Crippen LogP contribution in [-0.2, 0) is 13.1 Å². The zero-order chi connectivity index (χ0) is 17.8. The average molecular weight is 370 g/mol. The summed E-state index contributed by atoms with van der Waals surface area (Å²) >= 11 is 1.45. The van der Waals surface area contributed by atoms with Crippen molar-refractivity contribution in [3.63, 3.8) is 0 Å². The molecular weight excluding hydrogens is 348 g/mol. The topological polar surface area (TPSA) is 49.8 Å². The number of rotatable bonds is 6. The first-order valence-corrected chi connectivity index (χ1v) is 9.86. The molecule has 1 amide bonds. The van der Waals surface area contributed by atoms with E-state index < -0.39 is 0 Å². The van der Waals surface area contributed by atoms with Crippen molar-refractivity contribution in [3.8, 4) is 0 Å². The Morgan fingerprint density at radius 2 is 1.88 bits per heavy atom. The second-order valence-corrected chi connectivity index (χ2v) is 7.45. The quantitative estimate of drug-likeness (QED) is 0.627. The molecule has 1 fully saturated rings. The number of hydrogen-bond donors (Lipinski definition) is 0. The highest BCUT2D eigenvalue weighted by atomic mass is 32.1. The maximum Gasteiger partial charge on any atom is 0.264 e. The number of furan rings is 2. The van der Waals surface area contributed by atoms with Gasteiger partial charge in [0, 0.05) is 19.2 Å².